The van der Waals surface area contributed by atoms with E-state index in [2.05, 4.69) is 16.4 Å². The second-order valence-corrected chi connectivity index (χ2v) is 2.40. The average Bonchev–Trinajstić information content (AvgIpc) is 2.16. The van der Waals surface area contributed by atoms with E-state index < -0.39 is 17.8 Å². The summed E-state index contributed by atoms with van der Waals surface area (Å²) in [5.41, 5.74) is 0. The van der Waals surface area contributed by atoms with E-state index in [0.29, 0.717) is 0 Å². The fourth-order valence-electron chi connectivity index (χ4n) is 0.673. The summed E-state index contributed by atoms with van der Waals surface area (Å²) in [7, 11) is 2.37. The lowest BCUT2D eigenvalue weighted by molar-refractivity contribution is -0.150. The highest BCUT2D eigenvalue weighted by atomic mass is 16.5. The molecule has 0 rings (SSSR count). The first-order chi connectivity index (χ1) is 6.51. The first-order valence-electron chi connectivity index (χ1n) is 3.75. The number of carbonyl (C=O) groups is 3. The number of methoxy groups -OCH3 is 2. The van der Waals surface area contributed by atoms with E-state index in [0.717, 1.165) is 4.90 Å². The largest absolute Gasteiger partial charge is 0.468 e. The van der Waals surface area contributed by atoms with Crippen molar-refractivity contribution in [3.8, 4) is 0 Å². The third kappa shape index (κ3) is 4.44. The van der Waals surface area contributed by atoms with Gasteiger partial charge in [0.2, 0.25) is 5.91 Å². The standard InChI is InChI=1S/C8H12NO5/c1-6(10)9(4-7(11)13-2)5-8(12)14-3/h1,4-5H2,2-3H3. The van der Waals surface area contributed by atoms with E-state index in [1.807, 2.05) is 0 Å². The number of hydrogen-bond acceptors (Lipinski definition) is 5. The quantitative estimate of drug-likeness (QED) is 0.546. The van der Waals surface area contributed by atoms with Crippen molar-refractivity contribution >= 4 is 17.8 Å². The monoisotopic (exact) mass is 202 g/mol. The second kappa shape index (κ2) is 5.95. The maximum absolute atomic E-state index is 10.8. The van der Waals surface area contributed by atoms with Crippen molar-refractivity contribution in [3.63, 3.8) is 0 Å². The van der Waals surface area contributed by atoms with E-state index in [-0.39, 0.29) is 13.1 Å². The number of rotatable bonds is 4. The van der Waals surface area contributed by atoms with Gasteiger partial charge in [0.15, 0.2) is 0 Å². The maximum Gasteiger partial charge on any atom is 0.325 e. The van der Waals surface area contributed by atoms with Crippen LogP contribution in [0.3, 0.4) is 0 Å². The van der Waals surface area contributed by atoms with Crippen LogP contribution >= 0.6 is 0 Å². The van der Waals surface area contributed by atoms with Crippen molar-refractivity contribution in [3.05, 3.63) is 6.92 Å². The minimum atomic E-state index is -0.638. The van der Waals surface area contributed by atoms with E-state index in [9.17, 15) is 14.4 Å². The van der Waals surface area contributed by atoms with Crippen LogP contribution < -0.4 is 0 Å². The molecule has 0 spiro atoms. The summed E-state index contributed by atoms with van der Waals surface area (Å²) in [6.07, 6.45) is 0. The van der Waals surface area contributed by atoms with Crippen molar-refractivity contribution in [1.29, 1.82) is 0 Å². The fraction of sp³-hybridized carbons (Fsp3) is 0.500. The van der Waals surface area contributed by atoms with Crippen molar-refractivity contribution in [2.24, 2.45) is 0 Å². The Kier molecular flexibility index (Phi) is 5.28. The summed E-state index contributed by atoms with van der Waals surface area (Å²) < 4.78 is 8.67. The van der Waals surface area contributed by atoms with Gasteiger partial charge in [-0.05, 0) is 0 Å². The van der Waals surface area contributed by atoms with Gasteiger partial charge in [-0.3, -0.25) is 14.4 Å². The Morgan fingerprint density at radius 3 is 1.64 bits per heavy atom. The van der Waals surface area contributed by atoms with Gasteiger partial charge in [-0.15, -0.1) is 0 Å². The highest BCUT2D eigenvalue weighted by Gasteiger charge is 2.17. The summed E-state index contributed by atoms with van der Waals surface area (Å²) >= 11 is 0. The molecule has 0 aliphatic heterocycles. The fourth-order valence-corrected chi connectivity index (χ4v) is 0.673. The maximum atomic E-state index is 10.8. The van der Waals surface area contributed by atoms with Crippen LogP contribution in [0, 0.1) is 6.92 Å². The molecule has 0 N–H and O–H groups in total. The van der Waals surface area contributed by atoms with Crippen LogP contribution in [-0.2, 0) is 23.9 Å². The number of esters is 2. The molecule has 0 aromatic carbocycles. The SMILES string of the molecule is [CH2]C(=O)N(CC(=O)OC)CC(=O)OC. The third-order valence-electron chi connectivity index (χ3n) is 1.45. The predicted molar refractivity (Wildman–Crippen MR) is 46.0 cm³/mol. The smallest absolute Gasteiger partial charge is 0.325 e. The zero-order chi connectivity index (χ0) is 11.1. The van der Waals surface area contributed by atoms with Crippen LogP contribution in [0.5, 0.6) is 0 Å². The van der Waals surface area contributed by atoms with Gasteiger partial charge in [0.05, 0.1) is 14.2 Å². The molecule has 0 heterocycles. The highest BCUT2D eigenvalue weighted by molar-refractivity contribution is 5.88. The zero-order valence-corrected chi connectivity index (χ0v) is 8.11. The Labute approximate surface area is 81.8 Å². The van der Waals surface area contributed by atoms with Gasteiger partial charge in [0.25, 0.3) is 0 Å². The molecular weight excluding hydrogens is 190 g/mol. The van der Waals surface area contributed by atoms with Crippen molar-refractivity contribution in [2.45, 2.75) is 0 Å². The molecule has 0 atom stereocenters. The lowest BCUT2D eigenvalue weighted by Gasteiger charge is -2.17. The first kappa shape index (κ1) is 12.4. The Morgan fingerprint density at radius 2 is 1.43 bits per heavy atom. The van der Waals surface area contributed by atoms with Crippen LogP contribution in [0.4, 0.5) is 0 Å². The second-order valence-electron chi connectivity index (χ2n) is 2.40. The Hall–Kier alpha value is -1.59. The van der Waals surface area contributed by atoms with Crippen LogP contribution in [0.1, 0.15) is 0 Å². The average molecular weight is 202 g/mol. The summed E-state index contributed by atoms with van der Waals surface area (Å²) in [5, 5.41) is 0. The van der Waals surface area contributed by atoms with Gasteiger partial charge < -0.3 is 14.4 Å². The molecular formula is C8H12NO5. The summed E-state index contributed by atoms with van der Waals surface area (Å²) in [6, 6.07) is 0. The van der Waals surface area contributed by atoms with E-state index in [4.69, 9.17) is 0 Å². The Bertz CT molecular complexity index is 220. The molecule has 0 aromatic rings. The van der Waals surface area contributed by atoms with Gasteiger partial charge in [-0.2, -0.15) is 0 Å². The van der Waals surface area contributed by atoms with E-state index >= 15 is 0 Å². The summed E-state index contributed by atoms with van der Waals surface area (Å²) in [6.45, 7) is 2.46. The lowest BCUT2D eigenvalue weighted by atomic mass is 10.4. The van der Waals surface area contributed by atoms with Crippen molar-refractivity contribution in [1.82, 2.24) is 4.90 Å². The zero-order valence-electron chi connectivity index (χ0n) is 8.11. The molecule has 14 heavy (non-hydrogen) atoms. The molecule has 0 saturated heterocycles. The number of amides is 1. The van der Waals surface area contributed by atoms with E-state index in [1.54, 1.807) is 0 Å². The lowest BCUT2D eigenvalue weighted by Crippen LogP contribution is -2.38. The van der Waals surface area contributed by atoms with Gasteiger partial charge in [-0.1, -0.05) is 0 Å². The van der Waals surface area contributed by atoms with Gasteiger partial charge in [0.1, 0.15) is 13.1 Å². The molecule has 6 heteroatoms. The highest BCUT2D eigenvalue weighted by Crippen LogP contribution is 1.91. The molecule has 1 radical (unpaired) electrons. The Balaban J connectivity index is 4.23. The molecule has 6 nitrogen and oxygen atoms in total. The summed E-state index contributed by atoms with van der Waals surface area (Å²) in [5.74, 6) is -1.88. The van der Waals surface area contributed by atoms with Gasteiger partial charge >= 0.3 is 11.9 Å². The summed E-state index contributed by atoms with van der Waals surface area (Å²) in [4.78, 5) is 33.4. The normalized spacial score (nSPS) is 9.07. The number of hydrogen-bond donors (Lipinski definition) is 0. The molecule has 0 fully saturated rings. The minimum Gasteiger partial charge on any atom is -0.468 e. The Morgan fingerprint density at radius 1 is 1.07 bits per heavy atom. The molecule has 0 aromatic heterocycles. The van der Waals surface area contributed by atoms with E-state index in [1.165, 1.54) is 14.2 Å². The van der Waals surface area contributed by atoms with Crippen LogP contribution in [0.15, 0.2) is 0 Å². The van der Waals surface area contributed by atoms with Gasteiger partial charge in [-0.25, -0.2) is 0 Å². The molecule has 0 unspecified atom stereocenters. The van der Waals surface area contributed by atoms with Crippen molar-refractivity contribution in [2.75, 3.05) is 27.3 Å². The molecule has 0 aliphatic rings. The third-order valence-corrected chi connectivity index (χ3v) is 1.45. The molecule has 0 bridgehead atoms. The van der Waals surface area contributed by atoms with Crippen LogP contribution in [0.25, 0.3) is 0 Å². The van der Waals surface area contributed by atoms with Gasteiger partial charge in [0, 0.05) is 6.92 Å². The van der Waals surface area contributed by atoms with Crippen LogP contribution in [-0.4, -0.2) is 50.1 Å². The van der Waals surface area contributed by atoms with Crippen molar-refractivity contribution < 1.29 is 23.9 Å². The first-order valence-corrected chi connectivity index (χ1v) is 3.75. The number of carbonyl (C=O) groups excluding carboxylic acids is 3. The predicted octanol–water partition coefficient (Wildman–Crippen LogP) is -1.00. The molecule has 1 amide bonds. The van der Waals surface area contributed by atoms with Crippen LogP contribution in [0.2, 0.25) is 0 Å². The molecule has 0 saturated carbocycles. The molecule has 79 valence electrons. The minimum absolute atomic E-state index is 0.312. The number of ether oxygens (including phenoxy) is 2. The topological polar surface area (TPSA) is 72.9 Å². The number of nitrogens with zero attached hydrogens (tertiary/aromatic N) is 1. The molecule has 0 aliphatic carbocycles.